The number of nitrogens with two attached hydrogens (primary N) is 1. The molecule has 6 nitrogen and oxygen atoms in total. The number of carbonyl (C=O) groups excluding carboxylic acids is 1. The maximum Gasteiger partial charge on any atom is 0.242 e. The van der Waals surface area contributed by atoms with E-state index in [1.54, 1.807) is 7.05 Å². The van der Waals surface area contributed by atoms with Crippen LogP contribution in [0.2, 0.25) is 5.02 Å². The minimum Gasteiger partial charge on any atom is -0.389 e. The van der Waals surface area contributed by atoms with Gasteiger partial charge < -0.3 is 10.6 Å². The van der Waals surface area contributed by atoms with Gasteiger partial charge in [-0.25, -0.2) is 8.42 Å². The zero-order chi connectivity index (χ0) is 15.8. The molecule has 1 saturated heterocycles. The van der Waals surface area contributed by atoms with Crippen molar-refractivity contribution >= 4 is 44.7 Å². The first kappa shape index (κ1) is 16.2. The summed E-state index contributed by atoms with van der Waals surface area (Å²) in [6.07, 6.45) is 0.428. The predicted molar refractivity (Wildman–Crippen MR) is 83.7 cm³/mol. The van der Waals surface area contributed by atoms with E-state index in [-0.39, 0.29) is 20.8 Å². The fourth-order valence-corrected chi connectivity index (χ4v) is 3.95. The van der Waals surface area contributed by atoms with Crippen molar-refractivity contribution < 1.29 is 13.2 Å². The third-order valence-corrected chi connectivity index (χ3v) is 5.42. The quantitative estimate of drug-likeness (QED) is 0.773. The normalized spacial score (nSPS) is 19.0. The Bertz CT molecular complexity index is 706. The monoisotopic (exact) mass is 347 g/mol. The Hall–Kier alpha value is -1.22. The number of amides is 1. The van der Waals surface area contributed by atoms with Crippen LogP contribution in [-0.4, -0.2) is 43.8 Å². The molecule has 1 atom stereocenters. The average molecular weight is 348 g/mol. The molecule has 0 saturated carbocycles. The lowest BCUT2D eigenvalue weighted by Crippen LogP contribution is -2.40. The summed E-state index contributed by atoms with van der Waals surface area (Å²) in [7, 11) is -2.26. The first-order valence-corrected chi connectivity index (χ1v) is 8.36. The molecule has 0 bridgehead atoms. The summed E-state index contributed by atoms with van der Waals surface area (Å²) in [6, 6.07) is 3.43. The van der Waals surface area contributed by atoms with Crippen LogP contribution in [0.1, 0.15) is 12.0 Å². The van der Waals surface area contributed by atoms with Crippen LogP contribution in [0, 0.1) is 0 Å². The number of rotatable bonds is 4. The van der Waals surface area contributed by atoms with Crippen molar-refractivity contribution in [3.05, 3.63) is 28.8 Å². The number of likely N-dealkylation sites (N-methyl/N-ethyl adjacent to an activating group) is 1. The molecule has 1 aliphatic heterocycles. The summed E-state index contributed by atoms with van der Waals surface area (Å²) in [5.41, 5.74) is 5.94. The molecule has 9 heteroatoms. The Kier molecular flexibility index (Phi) is 4.52. The van der Waals surface area contributed by atoms with Gasteiger partial charge in [0.05, 0.1) is 5.02 Å². The van der Waals surface area contributed by atoms with E-state index in [4.69, 9.17) is 29.6 Å². The van der Waals surface area contributed by atoms with Gasteiger partial charge in [0.15, 0.2) is 0 Å². The van der Waals surface area contributed by atoms with Crippen LogP contribution in [0.3, 0.4) is 0 Å². The summed E-state index contributed by atoms with van der Waals surface area (Å²) >= 11 is 10.8. The number of thiocarbonyl (C=S) groups is 1. The predicted octanol–water partition coefficient (Wildman–Crippen LogP) is 0.483. The molecule has 0 aliphatic carbocycles. The highest BCUT2D eigenvalue weighted by Gasteiger charge is 2.33. The van der Waals surface area contributed by atoms with E-state index in [1.807, 2.05) is 0 Å². The van der Waals surface area contributed by atoms with E-state index < -0.39 is 16.1 Å². The number of halogens is 1. The highest BCUT2D eigenvalue weighted by atomic mass is 35.5. The molecule has 0 spiro atoms. The molecule has 21 heavy (non-hydrogen) atoms. The van der Waals surface area contributed by atoms with Crippen LogP contribution in [0.15, 0.2) is 23.1 Å². The van der Waals surface area contributed by atoms with Gasteiger partial charge in [-0.05, 0) is 18.6 Å². The van der Waals surface area contributed by atoms with Gasteiger partial charge in [-0.15, -0.1) is 0 Å². The SMILES string of the molecule is CN1CCC(NS(=O)(=O)c2ccc(C(N)=S)cc2Cl)C1=O. The number of nitrogens with one attached hydrogen (secondary N) is 1. The van der Waals surface area contributed by atoms with Crippen LogP contribution in [0.5, 0.6) is 0 Å². The summed E-state index contributed by atoms with van der Waals surface area (Å²) in [5, 5.41) is 0.00611. The van der Waals surface area contributed by atoms with Gasteiger partial charge >= 0.3 is 0 Å². The maximum atomic E-state index is 12.3. The smallest absolute Gasteiger partial charge is 0.242 e. The molecule has 1 unspecified atom stereocenters. The zero-order valence-electron chi connectivity index (χ0n) is 11.2. The van der Waals surface area contributed by atoms with Crippen molar-refractivity contribution in [3.63, 3.8) is 0 Å². The molecular formula is C12H14ClN3O3S2. The molecule has 1 aliphatic rings. The number of hydrogen-bond acceptors (Lipinski definition) is 4. The fraction of sp³-hybridized carbons (Fsp3) is 0.333. The summed E-state index contributed by atoms with van der Waals surface area (Å²) in [4.78, 5) is 13.3. The standard InChI is InChI=1S/C12H14ClN3O3S2/c1-16-5-4-9(12(16)17)15-21(18,19)10-3-2-7(11(14)20)6-8(10)13/h2-3,6,9,15H,4-5H2,1H3,(H2,14,20). The van der Waals surface area contributed by atoms with Crippen LogP contribution < -0.4 is 10.5 Å². The topological polar surface area (TPSA) is 92.5 Å². The summed E-state index contributed by atoms with van der Waals surface area (Å²) in [5.74, 6) is -0.255. The summed E-state index contributed by atoms with van der Waals surface area (Å²) in [6.45, 7) is 0.514. The Morgan fingerprint density at radius 2 is 2.19 bits per heavy atom. The van der Waals surface area contributed by atoms with E-state index in [9.17, 15) is 13.2 Å². The number of sulfonamides is 1. The molecular weight excluding hydrogens is 334 g/mol. The lowest BCUT2D eigenvalue weighted by Gasteiger charge is -2.14. The van der Waals surface area contributed by atoms with E-state index in [0.29, 0.717) is 18.5 Å². The maximum absolute atomic E-state index is 12.3. The van der Waals surface area contributed by atoms with Crippen LogP contribution in [0.25, 0.3) is 0 Å². The Balaban J connectivity index is 2.28. The van der Waals surface area contributed by atoms with Gasteiger partial charge in [0.2, 0.25) is 15.9 Å². The van der Waals surface area contributed by atoms with Crippen molar-refractivity contribution in [2.24, 2.45) is 5.73 Å². The molecule has 1 aromatic carbocycles. The molecule has 1 heterocycles. The lowest BCUT2D eigenvalue weighted by atomic mass is 10.2. The summed E-state index contributed by atoms with van der Waals surface area (Å²) < 4.78 is 27.0. The van der Waals surface area contributed by atoms with Crippen molar-refractivity contribution in [2.75, 3.05) is 13.6 Å². The van der Waals surface area contributed by atoms with Gasteiger partial charge in [-0.3, -0.25) is 4.79 Å². The highest BCUT2D eigenvalue weighted by Crippen LogP contribution is 2.24. The molecule has 1 aromatic rings. The zero-order valence-corrected chi connectivity index (χ0v) is 13.6. The van der Waals surface area contributed by atoms with Gasteiger partial charge in [0, 0.05) is 19.2 Å². The molecule has 2 rings (SSSR count). The van der Waals surface area contributed by atoms with E-state index in [2.05, 4.69) is 4.72 Å². The van der Waals surface area contributed by atoms with Gasteiger partial charge in [0.25, 0.3) is 0 Å². The van der Waals surface area contributed by atoms with E-state index >= 15 is 0 Å². The van der Waals surface area contributed by atoms with Gasteiger partial charge in [-0.2, -0.15) is 4.72 Å². The third kappa shape index (κ3) is 3.34. The van der Waals surface area contributed by atoms with Crippen LogP contribution >= 0.6 is 23.8 Å². The van der Waals surface area contributed by atoms with Gasteiger partial charge in [0.1, 0.15) is 15.9 Å². The van der Waals surface area contributed by atoms with Crippen molar-refractivity contribution in [1.29, 1.82) is 0 Å². The largest absolute Gasteiger partial charge is 0.389 e. The Morgan fingerprint density at radius 1 is 1.52 bits per heavy atom. The first-order valence-electron chi connectivity index (χ1n) is 6.09. The van der Waals surface area contributed by atoms with E-state index in [0.717, 1.165) is 0 Å². The number of benzene rings is 1. The second kappa shape index (κ2) is 5.88. The van der Waals surface area contributed by atoms with Crippen molar-refractivity contribution in [3.8, 4) is 0 Å². The molecule has 1 amide bonds. The molecule has 0 radical (unpaired) electrons. The van der Waals surface area contributed by atoms with Crippen LogP contribution in [-0.2, 0) is 14.8 Å². The number of carbonyl (C=O) groups is 1. The van der Waals surface area contributed by atoms with Gasteiger partial charge in [-0.1, -0.05) is 29.9 Å². The molecule has 0 aromatic heterocycles. The van der Waals surface area contributed by atoms with E-state index in [1.165, 1.54) is 23.1 Å². The first-order chi connectivity index (χ1) is 9.72. The molecule has 1 fully saturated rings. The average Bonchev–Trinajstić information content (AvgIpc) is 2.69. The number of nitrogens with zero attached hydrogens (tertiary/aromatic N) is 1. The second-order valence-electron chi connectivity index (χ2n) is 4.73. The van der Waals surface area contributed by atoms with Crippen LogP contribution in [0.4, 0.5) is 0 Å². The minimum absolute atomic E-state index is 0.00611. The molecule has 3 N–H and O–H groups in total. The Labute approximate surface area is 133 Å². The van der Waals surface area contributed by atoms with Crippen molar-refractivity contribution in [1.82, 2.24) is 9.62 Å². The number of likely N-dealkylation sites (tertiary alicyclic amines) is 1. The highest BCUT2D eigenvalue weighted by molar-refractivity contribution is 7.89. The second-order valence-corrected chi connectivity index (χ2v) is 7.26. The lowest BCUT2D eigenvalue weighted by molar-refractivity contribution is -0.127. The third-order valence-electron chi connectivity index (χ3n) is 3.23. The number of hydrogen-bond donors (Lipinski definition) is 2. The Morgan fingerprint density at radius 3 is 2.67 bits per heavy atom. The fourth-order valence-electron chi connectivity index (χ4n) is 2.05. The minimum atomic E-state index is -3.89. The molecule has 114 valence electrons. The van der Waals surface area contributed by atoms with Crippen molar-refractivity contribution in [2.45, 2.75) is 17.4 Å².